The summed E-state index contributed by atoms with van der Waals surface area (Å²) in [5.74, 6) is 0.307. The summed E-state index contributed by atoms with van der Waals surface area (Å²) in [6.07, 6.45) is 3.10. The van der Waals surface area contributed by atoms with Crippen LogP contribution < -0.4 is 14.2 Å². The van der Waals surface area contributed by atoms with Crippen molar-refractivity contribution in [2.45, 2.75) is 52.7 Å². The van der Waals surface area contributed by atoms with E-state index in [4.69, 9.17) is 14.2 Å². The van der Waals surface area contributed by atoms with Crippen molar-refractivity contribution >= 4 is 17.4 Å². The van der Waals surface area contributed by atoms with Crippen molar-refractivity contribution in [3.8, 4) is 17.2 Å². The molecule has 0 spiro atoms. The van der Waals surface area contributed by atoms with E-state index in [0.29, 0.717) is 55.2 Å². The maximum absolute atomic E-state index is 13.5. The highest BCUT2D eigenvalue weighted by atomic mass is 16.5. The molecule has 2 aromatic rings. The van der Waals surface area contributed by atoms with E-state index in [2.05, 4.69) is 25.3 Å². The van der Waals surface area contributed by atoms with Crippen LogP contribution in [-0.4, -0.2) is 72.1 Å². The highest BCUT2D eigenvalue weighted by Gasteiger charge is 2.46. The van der Waals surface area contributed by atoms with Crippen LogP contribution in [0.4, 0.5) is 0 Å². The third-order valence-corrected chi connectivity index (χ3v) is 7.42. The molecule has 2 aromatic carbocycles. The molecule has 2 unspecified atom stereocenters. The van der Waals surface area contributed by atoms with Crippen LogP contribution in [0.25, 0.3) is 5.76 Å². The molecular weight excluding hydrogens is 508 g/mol. The van der Waals surface area contributed by atoms with Gasteiger partial charge in [-0.05, 0) is 81.4 Å². The fourth-order valence-electron chi connectivity index (χ4n) is 5.42. The summed E-state index contributed by atoms with van der Waals surface area (Å²) in [6, 6.07) is 10.00. The molecule has 2 heterocycles. The average molecular weight is 549 g/mol. The number of benzene rings is 2. The van der Waals surface area contributed by atoms with Crippen LogP contribution in [0.2, 0.25) is 0 Å². The Bertz CT molecular complexity index is 1280. The van der Waals surface area contributed by atoms with Gasteiger partial charge in [0.25, 0.3) is 11.7 Å². The van der Waals surface area contributed by atoms with Gasteiger partial charge < -0.3 is 29.1 Å². The summed E-state index contributed by atoms with van der Waals surface area (Å²) in [4.78, 5) is 30.8. The number of ketones is 1. The first-order valence-electron chi connectivity index (χ1n) is 14.1. The smallest absolute Gasteiger partial charge is 0.295 e. The van der Waals surface area contributed by atoms with Crippen molar-refractivity contribution in [2.75, 3.05) is 39.4 Å². The number of hydrogen-bond acceptors (Lipinski definition) is 7. The lowest BCUT2D eigenvalue weighted by Gasteiger charge is -2.27. The molecule has 1 saturated heterocycles. The van der Waals surface area contributed by atoms with Crippen LogP contribution in [-0.2, 0) is 16.0 Å². The summed E-state index contributed by atoms with van der Waals surface area (Å²) in [7, 11) is 0. The van der Waals surface area contributed by atoms with Crippen molar-refractivity contribution in [3.63, 3.8) is 0 Å². The van der Waals surface area contributed by atoms with E-state index in [1.54, 1.807) is 29.2 Å². The van der Waals surface area contributed by atoms with E-state index in [-0.39, 0.29) is 17.4 Å². The van der Waals surface area contributed by atoms with Crippen LogP contribution in [0.5, 0.6) is 17.2 Å². The zero-order valence-corrected chi connectivity index (χ0v) is 23.9. The van der Waals surface area contributed by atoms with Gasteiger partial charge in [0.2, 0.25) is 0 Å². The molecule has 8 heteroatoms. The predicted molar refractivity (Wildman–Crippen MR) is 155 cm³/mol. The number of aliphatic hydroxyl groups excluding tert-OH is 1. The molecule has 0 bridgehead atoms. The molecule has 0 aliphatic carbocycles. The third-order valence-electron chi connectivity index (χ3n) is 7.42. The number of nitrogens with zero attached hydrogens (tertiary/aromatic N) is 2. The number of aliphatic hydroxyl groups is 1. The lowest BCUT2D eigenvalue weighted by molar-refractivity contribution is -0.140. The zero-order chi connectivity index (χ0) is 28.8. The Hall–Kier alpha value is -3.78. The summed E-state index contributed by atoms with van der Waals surface area (Å²) in [6.45, 7) is 15.5. The molecule has 1 amide bonds. The highest BCUT2D eigenvalue weighted by molar-refractivity contribution is 6.46. The Balaban J connectivity index is 1.78. The van der Waals surface area contributed by atoms with E-state index >= 15 is 0 Å². The normalized spacial score (nSPS) is 19.6. The van der Waals surface area contributed by atoms with Crippen LogP contribution >= 0.6 is 0 Å². The van der Waals surface area contributed by atoms with Gasteiger partial charge in [-0.3, -0.25) is 9.59 Å². The van der Waals surface area contributed by atoms with Crippen molar-refractivity contribution < 1.29 is 28.9 Å². The first kappa shape index (κ1) is 29.2. The third kappa shape index (κ3) is 6.02. The zero-order valence-electron chi connectivity index (χ0n) is 23.9. The predicted octanol–water partition coefficient (Wildman–Crippen LogP) is 5.13. The Morgan fingerprint density at radius 1 is 1.12 bits per heavy atom. The minimum absolute atomic E-state index is 0.0441. The number of ether oxygens (including phenoxy) is 3. The number of likely N-dealkylation sites (tertiary alicyclic amines) is 1. The lowest BCUT2D eigenvalue weighted by Crippen LogP contribution is -2.33. The molecular formula is C32H40N2O6. The SMILES string of the molecule is C=CCOc1ccc(C2C(=C(O)c3ccc4c(c3)CC(C)O4)C(=O)C(=O)N2CCCN(CC)CC)cc1OCC. The number of amides is 1. The molecule has 214 valence electrons. The molecule has 0 radical (unpaired) electrons. The largest absolute Gasteiger partial charge is 0.507 e. The van der Waals surface area contributed by atoms with Crippen LogP contribution in [0.3, 0.4) is 0 Å². The fourth-order valence-corrected chi connectivity index (χ4v) is 5.42. The topological polar surface area (TPSA) is 88.5 Å². The molecule has 2 aliphatic heterocycles. The van der Waals surface area contributed by atoms with Gasteiger partial charge in [-0.15, -0.1) is 0 Å². The molecule has 0 saturated carbocycles. The van der Waals surface area contributed by atoms with Gasteiger partial charge in [-0.2, -0.15) is 0 Å². The van der Waals surface area contributed by atoms with Crippen molar-refractivity contribution in [3.05, 3.63) is 71.3 Å². The number of hydrogen-bond donors (Lipinski definition) is 1. The molecule has 40 heavy (non-hydrogen) atoms. The molecule has 8 nitrogen and oxygen atoms in total. The second kappa shape index (κ2) is 13.0. The first-order valence-corrected chi connectivity index (χ1v) is 14.1. The van der Waals surface area contributed by atoms with Crippen molar-refractivity contribution in [1.82, 2.24) is 9.80 Å². The number of carbonyl (C=O) groups excluding carboxylic acids is 2. The van der Waals surface area contributed by atoms with Crippen molar-refractivity contribution in [2.24, 2.45) is 0 Å². The van der Waals surface area contributed by atoms with Gasteiger partial charge in [-0.1, -0.05) is 32.6 Å². The summed E-state index contributed by atoms with van der Waals surface area (Å²) in [5.41, 5.74) is 2.18. The van der Waals surface area contributed by atoms with E-state index in [1.807, 2.05) is 32.0 Å². The maximum atomic E-state index is 13.5. The van der Waals surface area contributed by atoms with E-state index < -0.39 is 17.7 Å². The molecule has 2 atom stereocenters. The average Bonchev–Trinajstić information content (AvgIpc) is 3.45. The molecule has 4 rings (SSSR count). The van der Waals surface area contributed by atoms with Gasteiger partial charge >= 0.3 is 0 Å². The first-order chi connectivity index (χ1) is 19.3. The summed E-state index contributed by atoms with van der Waals surface area (Å²) < 4.78 is 17.4. The van der Waals surface area contributed by atoms with Crippen LogP contribution in [0, 0.1) is 0 Å². The molecule has 1 fully saturated rings. The van der Waals surface area contributed by atoms with Crippen molar-refractivity contribution in [1.29, 1.82) is 0 Å². The number of Topliss-reactive ketones (excluding diaryl/α,β-unsaturated/α-hetero) is 1. The molecule has 0 aromatic heterocycles. The minimum Gasteiger partial charge on any atom is -0.507 e. The molecule has 2 aliphatic rings. The van der Waals surface area contributed by atoms with Gasteiger partial charge in [0, 0.05) is 18.5 Å². The van der Waals surface area contributed by atoms with Gasteiger partial charge in [0.05, 0.1) is 18.2 Å². The Morgan fingerprint density at radius 2 is 1.90 bits per heavy atom. The quantitative estimate of drug-likeness (QED) is 0.161. The van der Waals surface area contributed by atoms with E-state index in [0.717, 1.165) is 30.9 Å². The second-order valence-electron chi connectivity index (χ2n) is 10.1. The number of fused-ring (bicyclic) bond motifs is 1. The standard InChI is InChI=1S/C32H40N2O6/c1-6-17-39-26-14-11-22(20-27(26)38-9-4)29-28(30(35)23-12-13-25-24(19-23)18-21(5)40-25)31(36)32(37)34(29)16-10-15-33(7-2)8-3/h6,11-14,19-21,29,35H,1,7-10,15-18H2,2-5H3. The van der Waals surface area contributed by atoms with Crippen LogP contribution in [0.15, 0.2) is 54.6 Å². The number of rotatable bonds is 13. The Morgan fingerprint density at radius 3 is 2.60 bits per heavy atom. The summed E-state index contributed by atoms with van der Waals surface area (Å²) >= 11 is 0. The van der Waals surface area contributed by atoms with Crippen LogP contribution in [0.1, 0.15) is 56.8 Å². The Labute approximate surface area is 236 Å². The minimum atomic E-state index is -0.771. The number of carbonyl (C=O) groups is 2. The van der Waals surface area contributed by atoms with Gasteiger partial charge in [0.15, 0.2) is 11.5 Å². The van der Waals surface area contributed by atoms with Gasteiger partial charge in [0.1, 0.15) is 24.2 Å². The van der Waals surface area contributed by atoms with Gasteiger partial charge in [-0.25, -0.2) is 0 Å². The summed E-state index contributed by atoms with van der Waals surface area (Å²) in [5, 5.41) is 11.6. The highest BCUT2D eigenvalue weighted by Crippen LogP contribution is 2.43. The Kier molecular flexibility index (Phi) is 9.53. The van der Waals surface area contributed by atoms with E-state index in [9.17, 15) is 14.7 Å². The van der Waals surface area contributed by atoms with E-state index in [1.165, 1.54) is 0 Å². The maximum Gasteiger partial charge on any atom is 0.295 e. The lowest BCUT2D eigenvalue weighted by atomic mass is 9.94. The second-order valence-corrected chi connectivity index (χ2v) is 10.1. The monoisotopic (exact) mass is 548 g/mol. The fraction of sp³-hybridized carbons (Fsp3) is 0.438. The molecule has 1 N–H and O–H groups in total.